The first-order valence-corrected chi connectivity index (χ1v) is 5.04. The summed E-state index contributed by atoms with van der Waals surface area (Å²) in [5.41, 5.74) is 7.05. The Morgan fingerprint density at radius 2 is 1.86 bits per heavy atom. The lowest BCUT2D eigenvalue weighted by atomic mass is 10.0. The molecule has 1 unspecified atom stereocenters. The molecule has 2 nitrogen and oxygen atoms in total. The van der Waals surface area contributed by atoms with Gasteiger partial charge in [0.05, 0.1) is 5.92 Å². The molecule has 0 aliphatic carbocycles. The maximum absolute atomic E-state index is 10.8. The summed E-state index contributed by atoms with van der Waals surface area (Å²) in [5.74, 6) is -0.326. The highest BCUT2D eigenvalue weighted by molar-refractivity contribution is 6.64. The van der Waals surface area contributed by atoms with E-state index in [-0.39, 0.29) is 11.2 Å². The quantitative estimate of drug-likeness (QED) is 0.606. The van der Waals surface area contributed by atoms with E-state index in [0.717, 1.165) is 5.56 Å². The van der Waals surface area contributed by atoms with Gasteiger partial charge in [0, 0.05) is 5.69 Å². The highest BCUT2D eigenvalue weighted by Gasteiger charge is 2.14. The van der Waals surface area contributed by atoms with Gasteiger partial charge in [-0.3, -0.25) is 4.79 Å². The van der Waals surface area contributed by atoms with Gasteiger partial charge < -0.3 is 5.73 Å². The van der Waals surface area contributed by atoms with Crippen molar-refractivity contribution in [3.63, 3.8) is 0 Å². The maximum atomic E-state index is 10.8. The number of hydrogen-bond acceptors (Lipinski definition) is 2. The predicted octanol–water partition coefficient (Wildman–Crippen LogP) is 3.16. The van der Waals surface area contributed by atoms with Gasteiger partial charge in [-0.05, 0) is 23.2 Å². The van der Waals surface area contributed by atoms with E-state index < -0.39 is 0 Å². The van der Waals surface area contributed by atoms with Crippen LogP contribution in [0.25, 0.3) is 0 Å². The predicted molar refractivity (Wildman–Crippen MR) is 61.5 cm³/mol. The second-order valence-electron chi connectivity index (χ2n) is 2.65. The normalized spacial score (nSPS) is 11.1. The third-order valence-electron chi connectivity index (χ3n) is 1.80. The third-order valence-corrected chi connectivity index (χ3v) is 2.13. The molecular formula is C11H16ClNO. The number of benzene rings is 1. The van der Waals surface area contributed by atoms with Gasteiger partial charge in [-0.1, -0.05) is 39.0 Å². The summed E-state index contributed by atoms with van der Waals surface area (Å²) in [6, 6.07) is 7.22. The van der Waals surface area contributed by atoms with Crippen LogP contribution < -0.4 is 5.73 Å². The SMILES string of the molecule is CC.CC(C(=O)Cl)c1ccccc1N. The molecule has 0 aromatic heterocycles. The molecule has 0 aliphatic rings. The largest absolute Gasteiger partial charge is 0.398 e. The van der Waals surface area contributed by atoms with Gasteiger partial charge in [0.1, 0.15) is 0 Å². The van der Waals surface area contributed by atoms with Crippen LogP contribution in [0.2, 0.25) is 0 Å². The summed E-state index contributed by atoms with van der Waals surface area (Å²) in [6.45, 7) is 5.74. The van der Waals surface area contributed by atoms with Crippen molar-refractivity contribution in [2.45, 2.75) is 26.7 Å². The number of carbonyl (C=O) groups is 1. The first-order valence-electron chi connectivity index (χ1n) is 4.66. The molecule has 0 saturated carbocycles. The smallest absolute Gasteiger partial charge is 0.228 e. The van der Waals surface area contributed by atoms with Crippen LogP contribution in [-0.2, 0) is 4.79 Å². The fourth-order valence-electron chi connectivity index (χ4n) is 1.03. The van der Waals surface area contributed by atoms with Gasteiger partial charge in [-0.25, -0.2) is 0 Å². The van der Waals surface area contributed by atoms with Crippen LogP contribution in [0.5, 0.6) is 0 Å². The lowest BCUT2D eigenvalue weighted by molar-refractivity contribution is -0.112. The van der Waals surface area contributed by atoms with E-state index in [1.165, 1.54) is 0 Å². The Hall–Kier alpha value is -1.02. The van der Waals surface area contributed by atoms with Crippen LogP contribution in [-0.4, -0.2) is 5.24 Å². The third kappa shape index (κ3) is 3.38. The molecule has 0 bridgehead atoms. The summed E-state index contributed by atoms with van der Waals surface area (Å²) < 4.78 is 0. The minimum atomic E-state index is -0.382. The van der Waals surface area contributed by atoms with Crippen LogP contribution in [0.15, 0.2) is 24.3 Å². The monoisotopic (exact) mass is 213 g/mol. The summed E-state index contributed by atoms with van der Waals surface area (Å²) in [4.78, 5) is 10.8. The molecule has 0 fully saturated rings. The van der Waals surface area contributed by atoms with Gasteiger partial charge in [-0.2, -0.15) is 0 Å². The number of halogens is 1. The molecule has 0 aliphatic heterocycles. The van der Waals surface area contributed by atoms with E-state index in [9.17, 15) is 4.79 Å². The Morgan fingerprint density at radius 1 is 1.36 bits per heavy atom. The summed E-state index contributed by atoms with van der Waals surface area (Å²) >= 11 is 5.34. The van der Waals surface area contributed by atoms with Gasteiger partial charge in [-0.15, -0.1) is 0 Å². The topological polar surface area (TPSA) is 43.1 Å². The molecule has 2 N–H and O–H groups in total. The van der Waals surface area contributed by atoms with Crippen LogP contribution in [0, 0.1) is 0 Å². The highest BCUT2D eigenvalue weighted by Crippen LogP contribution is 2.23. The van der Waals surface area contributed by atoms with E-state index in [1.807, 2.05) is 26.0 Å². The van der Waals surface area contributed by atoms with Gasteiger partial charge in [0.2, 0.25) is 5.24 Å². The summed E-state index contributed by atoms with van der Waals surface area (Å²) in [6.07, 6.45) is 0. The molecule has 1 aromatic carbocycles. The Kier molecular flexibility index (Phi) is 5.97. The molecule has 0 spiro atoms. The van der Waals surface area contributed by atoms with E-state index in [2.05, 4.69) is 0 Å². The average molecular weight is 214 g/mol. The van der Waals surface area contributed by atoms with Gasteiger partial charge >= 0.3 is 0 Å². The Labute approximate surface area is 90.1 Å². The molecule has 0 radical (unpaired) electrons. The van der Waals surface area contributed by atoms with Crippen LogP contribution in [0.1, 0.15) is 32.3 Å². The lowest BCUT2D eigenvalue weighted by Gasteiger charge is -2.08. The van der Waals surface area contributed by atoms with Crippen molar-refractivity contribution in [1.82, 2.24) is 0 Å². The molecule has 1 atom stereocenters. The van der Waals surface area contributed by atoms with E-state index >= 15 is 0 Å². The number of nitrogens with two attached hydrogens (primary N) is 1. The van der Waals surface area contributed by atoms with E-state index in [4.69, 9.17) is 17.3 Å². The Balaban J connectivity index is 0.000000791. The molecule has 0 amide bonds. The van der Waals surface area contributed by atoms with E-state index in [1.54, 1.807) is 19.1 Å². The van der Waals surface area contributed by atoms with E-state index in [0.29, 0.717) is 5.69 Å². The van der Waals surface area contributed by atoms with Crippen LogP contribution in [0.3, 0.4) is 0 Å². The van der Waals surface area contributed by atoms with Gasteiger partial charge in [0.25, 0.3) is 0 Å². The van der Waals surface area contributed by atoms with Crippen molar-refractivity contribution < 1.29 is 4.79 Å². The Bertz CT molecular complexity index is 299. The molecule has 78 valence electrons. The van der Waals surface area contributed by atoms with Crippen molar-refractivity contribution in [2.75, 3.05) is 5.73 Å². The maximum Gasteiger partial charge on any atom is 0.228 e. The number of para-hydroxylation sites is 1. The first kappa shape index (κ1) is 13.0. The number of hydrogen-bond donors (Lipinski definition) is 1. The van der Waals surface area contributed by atoms with Crippen LogP contribution >= 0.6 is 11.6 Å². The number of carbonyl (C=O) groups excluding carboxylic acids is 1. The molecule has 0 heterocycles. The Morgan fingerprint density at radius 3 is 2.29 bits per heavy atom. The second kappa shape index (κ2) is 6.44. The number of anilines is 1. The lowest BCUT2D eigenvalue weighted by Crippen LogP contribution is -2.04. The van der Waals surface area contributed by atoms with Crippen LogP contribution in [0.4, 0.5) is 5.69 Å². The molecule has 0 saturated heterocycles. The van der Waals surface area contributed by atoms with Gasteiger partial charge in [0.15, 0.2) is 0 Å². The average Bonchev–Trinajstić information content (AvgIpc) is 2.20. The fraction of sp³-hybridized carbons (Fsp3) is 0.364. The highest BCUT2D eigenvalue weighted by atomic mass is 35.5. The fourth-order valence-corrected chi connectivity index (χ4v) is 1.15. The summed E-state index contributed by atoms with van der Waals surface area (Å²) in [7, 11) is 0. The van der Waals surface area contributed by atoms with Crippen molar-refractivity contribution in [3.05, 3.63) is 29.8 Å². The first-order chi connectivity index (χ1) is 6.63. The molecule has 3 heteroatoms. The minimum Gasteiger partial charge on any atom is -0.398 e. The molecule has 1 rings (SSSR count). The zero-order valence-electron chi connectivity index (χ0n) is 8.75. The minimum absolute atomic E-state index is 0.326. The standard InChI is InChI=1S/C9H10ClNO.C2H6/c1-6(9(10)12)7-4-2-3-5-8(7)11;1-2/h2-6H,11H2,1H3;1-2H3. The number of nitrogen functional groups attached to an aromatic ring is 1. The molecule has 1 aromatic rings. The zero-order chi connectivity index (χ0) is 11.1. The molecular weight excluding hydrogens is 198 g/mol. The number of rotatable bonds is 2. The second-order valence-corrected chi connectivity index (χ2v) is 3.03. The van der Waals surface area contributed by atoms with Crippen molar-refractivity contribution in [2.24, 2.45) is 0 Å². The van der Waals surface area contributed by atoms with Crippen molar-refractivity contribution >= 4 is 22.5 Å². The summed E-state index contributed by atoms with van der Waals surface area (Å²) in [5, 5.41) is -0.382. The van der Waals surface area contributed by atoms with Crippen molar-refractivity contribution in [1.29, 1.82) is 0 Å². The zero-order valence-corrected chi connectivity index (χ0v) is 9.51. The molecule has 14 heavy (non-hydrogen) atoms. The van der Waals surface area contributed by atoms with Crippen molar-refractivity contribution in [3.8, 4) is 0 Å².